The molecule has 0 spiro atoms. The second-order valence-electron chi connectivity index (χ2n) is 7.74. The van der Waals surface area contributed by atoms with Crippen LogP contribution in [0.15, 0.2) is 72.8 Å². The van der Waals surface area contributed by atoms with Crippen molar-refractivity contribution in [3.05, 3.63) is 78.4 Å². The number of nitrogens with one attached hydrogen (secondary N) is 1. The number of allylic oxidation sites excluding steroid dienone is 3. The highest BCUT2D eigenvalue weighted by molar-refractivity contribution is 5.96. The second-order valence-corrected chi connectivity index (χ2v) is 7.74. The van der Waals surface area contributed by atoms with E-state index < -0.39 is 0 Å². The third-order valence-corrected chi connectivity index (χ3v) is 4.92. The number of ether oxygens (including phenoxy) is 1. The van der Waals surface area contributed by atoms with Crippen LogP contribution in [0.1, 0.15) is 24.8 Å². The molecule has 0 radical (unpaired) electrons. The normalized spacial score (nSPS) is 12.0. The highest BCUT2D eigenvalue weighted by Gasteiger charge is 2.20. The molecule has 0 aliphatic heterocycles. The molecule has 0 unspecified atom stereocenters. The molecule has 0 saturated carbocycles. The van der Waals surface area contributed by atoms with Crippen LogP contribution in [-0.4, -0.2) is 46.7 Å². The number of benzene rings is 2. The van der Waals surface area contributed by atoms with Gasteiger partial charge < -0.3 is 19.9 Å². The van der Waals surface area contributed by atoms with Crippen molar-refractivity contribution in [2.75, 3.05) is 49.9 Å². The number of hydrogen-bond donors (Lipinski definition) is 1. The lowest BCUT2D eigenvalue weighted by atomic mass is 9.94. The summed E-state index contributed by atoms with van der Waals surface area (Å²) in [5.74, 6) is -0.835. The van der Waals surface area contributed by atoms with Crippen LogP contribution in [0.25, 0.3) is 0 Å². The van der Waals surface area contributed by atoms with Gasteiger partial charge in [0.15, 0.2) is 0 Å². The molecule has 6 heteroatoms. The highest BCUT2D eigenvalue weighted by Crippen LogP contribution is 2.25. The Balaban J connectivity index is 2.16. The van der Waals surface area contributed by atoms with Gasteiger partial charge in [-0.1, -0.05) is 30.4 Å². The first-order chi connectivity index (χ1) is 15.3. The summed E-state index contributed by atoms with van der Waals surface area (Å²) in [7, 11) is 7.91. The van der Waals surface area contributed by atoms with Crippen molar-refractivity contribution in [2.45, 2.75) is 19.3 Å². The van der Waals surface area contributed by atoms with Gasteiger partial charge in [-0.05, 0) is 55.3 Å². The highest BCUT2D eigenvalue weighted by atomic mass is 16.5. The molecule has 170 valence electrons. The zero-order chi connectivity index (χ0) is 23.5. The standard InChI is InChI=1S/C26H33N3O3/c1-6-32-25(30)11-9-7-8-10-24(20-12-16-22(17-13-20)28(2)3)26(31)27-21-14-18-23(19-15-21)29(4)5/h7-9,11-19,24H,6,10H2,1-5H3,(H,27,31)/t24-/m0/s1. The summed E-state index contributed by atoms with van der Waals surface area (Å²) in [6.07, 6.45) is 7.14. The van der Waals surface area contributed by atoms with Gasteiger partial charge in [0.05, 0.1) is 12.5 Å². The summed E-state index contributed by atoms with van der Waals surface area (Å²) in [6.45, 7) is 2.11. The van der Waals surface area contributed by atoms with E-state index in [0.29, 0.717) is 13.0 Å². The molecule has 2 rings (SSSR count). The van der Waals surface area contributed by atoms with E-state index in [0.717, 1.165) is 22.6 Å². The minimum Gasteiger partial charge on any atom is -0.463 e. The van der Waals surface area contributed by atoms with Gasteiger partial charge in [-0.15, -0.1) is 0 Å². The van der Waals surface area contributed by atoms with Gasteiger partial charge >= 0.3 is 5.97 Å². The number of rotatable bonds is 10. The molecule has 32 heavy (non-hydrogen) atoms. The number of carbonyl (C=O) groups excluding carboxylic acids is 2. The Hall–Kier alpha value is -3.54. The smallest absolute Gasteiger partial charge is 0.330 e. The number of amides is 1. The number of hydrogen-bond acceptors (Lipinski definition) is 5. The predicted octanol–water partition coefficient (Wildman–Crippen LogP) is 4.61. The van der Waals surface area contributed by atoms with Crippen LogP contribution in [0.4, 0.5) is 17.1 Å². The zero-order valence-corrected chi connectivity index (χ0v) is 19.5. The van der Waals surface area contributed by atoms with Crippen LogP contribution >= 0.6 is 0 Å². The van der Waals surface area contributed by atoms with E-state index in [9.17, 15) is 9.59 Å². The monoisotopic (exact) mass is 435 g/mol. The first-order valence-electron chi connectivity index (χ1n) is 10.7. The predicted molar refractivity (Wildman–Crippen MR) is 132 cm³/mol. The van der Waals surface area contributed by atoms with Gasteiger partial charge in [0, 0.05) is 51.3 Å². The van der Waals surface area contributed by atoms with E-state index in [-0.39, 0.29) is 17.8 Å². The van der Waals surface area contributed by atoms with Gasteiger partial charge in [0.1, 0.15) is 0 Å². The van der Waals surface area contributed by atoms with Gasteiger partial charge in [-0.3, -0.25) is 4.79 Å². The van der Waals surface area contributed by atoms with E-state index in [1.54, 1.807) is 19.1 Å². The molecule has 0 aromatic heterocycles. The van der Waals surface area contributed by atoms with Crippen LogP contribution < -0.4 is 15.1 Å². The molecule has 2 aromatic carbocycles. The molecule has 1 atom stereocenters. The van der Waals surface area contributed by atoms with Crippen molar-refractivity contribution in [1.29, 1.82) is 0 Å². The summed E-state index contributed by atoms with van der Waals surface area (Å²) in [5.41, 5.74) is 3.81. The van der Waals surface area contributed by atoms with Crippen molar-refractivity contribution in [3.63, 3.8) is 0 Å². The number of nitrogens with zero attached hydrogens (tertiary/aromatic N) is 2. The molecule has 0 heterocycles. The molecular weight excluding hydrogens is 402 g/mol. The molecule has 0 aliphatic carbocycles. The van der Waals surface area contributed by atoms with Gasteiger partial charge in [0.2, 0.25) is 5.91 Å². The van der Waals surface area contributed by atoms with Crippen LogP contribution in [0.5, 0.6) is 0 Å². The van der Waals surface area contributed by atoms with Crippen LogP contribution in [0, 0.1) is 0 Å². The van der Waals surface area contributed by atoms with Crippen molar-refractivity contribution >= 4 is 28.9 Å². The number of carbonyl (C=O) groups is 2. The van der Waals surface area contributed by atoms with E-state index in [4.69, 9.17) is 4.74 Å². The average molecular weight is 436 g/mol. The van der Waals surface area contributed by atoms with Crippen LogP contribution in [-0.2, 0) is 14.3 Å². The van der Waals surface area contributed by atoms with Gasteiger partial charge in [0.25, 0.3) is 0 Å². The summed E-state index contributed by atoms with van der Waals surface area (Å²) in [5, 5.41) is 3.03. The van der Waals surface area contributed by atoms with E-state index in [2.05, 4.69) is 5.32 Å². The lowest BCUT2D eigenvalue weighted by Crippen LogP contribution is -2.21. The third-order valence-electron chi connectivity index (χ3n) is 4.92. The second kappa shape index (κ2) is 12.3. The maximum absolute atomic E-state index is 13.1. The first kappa shape index (κ1) is 24.7. The van der Waals surface area contributed by atoms with Crippen molar-refractivity contribution in [2.24, 2.45) is 0 Å². The molecule has 6 nitrogen and oxygen atoms in total. The summed E-state index contributed by atoms with van der Waals surface area (Å²) < 4.78 is 4.87. The Kier molecular flexibility index (Phi) is 9.54. The molecule has 1 amide bonds. The van der Waals surface area contributed by atoms with E-state index in [1.807, 2.05) is 92.6 Å². The van der Waals surface area contributed by atoms with Crippen molar-refractivity contribution < 1.29 is 14.3 Å². The summed E-state index contributed by atoms with van der Waals surface area (Å²) >= 11 is 0. The van der Waals surface area contributed by atoms with Crippen molar-refractivity contribution in [3.8, 4) is 0 Å². The molecular formula is C26H33N3O3. The van der Waals surface area contributed by atoms with Crippen molar-refractivity contribution in [1.82, 2.24) is 0 Å². The molecule has 0 saturated heterocycles. The Morgan fingerprint density at radius 3 is 2.00 bits per heavy atom. The van der Waals surface area contributed by atoms with Gasteiger partial charge in [-0.2, -0.15) is 0 Å². The average Bonchev–Trinajstić information content (AvgIpc) is 2.76. The Bertz CT molecular complexity index is 930. The van der Waals surface area contributed by atoms with E-state index in [1.165, 1.54) is 6.08 Å². The Morgan fingerprint density at radius 1 is 0.906 bits per heavy atom. The fourth-order valence-corrected chi connectivity index (χ4v) is 3.09. The summed E-state index contributed by atoms with van der Waals surface area (Å²) in [6, 6.07) is 15.7. The molecule has 2 aromatic rings. The molecule has 1 N–H and O–H groups in total. The Morgan fingerprint density at radius 2 is 1.47 bits per heavy atom. The lowest BCUT2D eigenvalue weighted by Gasteiger charge is -2.18. The summed E-state index contributed by atoms with van der Waals surface area (Å²) in [4.78, 5) is 28.6. The largest absolute Gasteiger partial charge is 0.463 e. The minimum atomic E-state index is -0.383. The molecule has 0 aliphatic rings. The van der Waals surface area contributed by atoms with E-state index >= 15 is 0 Å². The fourth-order valence-electron chi connectivity index (χ4n) is 3.09. The zero-order valence-electron chi connectivity index (χ0n) is 19.5. The topological polar surface area (TPSA) is 61.9 Å². The number of esters is 1. The lowest BCUT2D eigenvalue weighted by molar-refractivity contribution is -0.137. The SMILES string of the molecule is CCOC(=O)C=CC=CC[C@H](C(=O)Nc1ccc(N(C)C)cc1)c1ccc(N(C)C)cc1. The fraction of sp³-hybridized carbons (Fsp3) is 0.308. The third kappa shape index (κ3) is 7.61. The molecule has 0 fully saturated rings. The maximum atomic E-state index is 13.1. The van der Waals surface area contributed by atoms with Crippen LogP contribution in [0.2, 0.25) is 0 Å². The Labute approximate surface area is 191 Å². The van der Waals surface area contributed by atoms with Crippen LogP contribution in [0.3, 0.4) is 0 Å². The quantitative estimate of drug-likeness (QED) is 0.336. The minimum absolute atomic E-state index is 0.0840. The number of anilines is 3. The van der Waals surface area contributed by atoms with Gasteiger partial charge in [-0.25, -0.2) is 4.79 Å². The molecule has 0 bridgehead atoms. The first-order valence-corrected chi connectivity index (χ1v) is 10.7. The maximum Gasteiger partial charge on any atom is 0.330 e.